The second kappa shape index (κ2) is 4.52. The van der Waals surface area contributed by atoms with Gasteiger partial charge in [0.05, 0.1) is 5.54 Å². The largest absolute Gasteiger partial charge is 0.317 e. The van der Waals surface area contributed by atoms with E-state index in [1.807, 2.05) is 11.3 Å². The van der Waals surface area contributed by atoms with Gasteiger partial charge in [0.25, 0.3) is 0 Å². The molecule has 0 amide bonds. The van der Waals surface area contributed by atoms with E-state index < -0.39 is 0 Å². The SMILES string of the molecule is Cc1ccc(C2(N)CCCCc3ccccc32)s1. The van der Waals surface area contributed by atoms with Crippen LogP contribution in [0.2, 0.25) is 0 Å². The molecule has 18 heavy (non-hydrogen) atoms. The van der Waals surface area contributed by atoms with Crippen LogP contribution in [0.3, 0.4) is 0 Å². The van der Waals surface area contributed by atoms with E-state index in [-0.39, 0.29) is 5.54 Å². The molecular weight excluding hydrogens is 238 g/mol. The zero-order chi connectivity index (χ0) is 12.6. The number of thiophene rings is 1. The van der Waals surface area contributed by atoms with Gasteiger partial charge in [-0.15, -0.1) is 11.3 Å². The molecule has 1 aromatic heterocycles. The Balaban J connectivity index is 2.16. The first-order valence-corrected chi connectivity index (χ1v) is 7.46. The lowest BCUT2D eigenvalue weighted by atomic mass is 9.84. The summed E-state index contributed by atoms with van der Waals surface area (Å²) in [5, 5.41) is 0. The fraction of sp³-hybridized carbons (Fsp3) is 0.375. The highest BCUT2D eigenvalue weighted by molar-refractivity contribution is 7.12. The molecule has 2 N–H and O–H groups in total. The molecule has 3 rings (SSSR count). The molecule has 2 aromatic rings. The zero-order valence-electron chi connectivity index (χ0n) is 10.8. The van der Waals surface area contributed by atoms with Gasteiger partial charge in [-0.25, -0.2) is 0 Å². The van der Waals surface area contributed by atoms with Crippen LogP contribution in [0, 0.1) is 6.92 Å². The molecule has 0 radical (unpaired) electrons. The molecule has 2 heteroatoms. The van der Waals surface area contributed by atoms with Crippen LogP contribution in [0.25, 0.3) is 0 Å². The van der Waals surface area contributed by atoms with Crippen LogP contribution in [0.5, 0.6) is 0 Å². The highest BCUT2D eigenvalue weighted by Crippen LogP contribution is 2.40. The Morgan fingerprint density at radius 2 is 1.94 bits per heavy atom. The Bertz CT molecular complexity index is 558. The van der Waals surface area contributed by atoms with Crippen LogP contribution in [-0.2, 0) is 12.0 Å². The number of nitrogens with two attached hydrogens (primary N) is 1. The molecule has 1 aromatic carbocycles. The Labute approximate surface area is 113 Å². The number of rotatable bonds is 1. The van der Waals surface area contributed by atoms with Crippen molar-refractivity contribution in [3.63, 3.8) is 0 Å². The third-order valence-electron chi connectivity index (χ3n) is 3.95. The monoisotopic (exact) mass is 257 g/mol. The number of fused-ring (bicyclic) bond motifs is 1. The third-order valence-corrected chi connectivity index (χ3v) is 5.12. The highest BCUT2D eigenvalue weighted by atomic mass is 32.1. The minimum Gasteiger partial charge on any atom is -0.317 e. The van der Waals surface area contributed by atoms with Crippen molar-refractivity contribution in [3.05, 3.63) is 57.3 Å². The molecule has 1 unspecified atom stereocenters. The number of benzene rings is 1. The van der Waals surface area contributed by atoms with Gasteiger partial charge in [0.15, 0.2) is 0 Å². The summed E-state index contributed by atoms with van der Waals surface area (Å²) in [5.74, 6) is 0. The first-order valence-electron chi connectivity index (χ1n) is 6.64. The summed E-state index contributed by atoms with van der Waals surface area (Å²) in [7, 11) is 0. The molecular formula is C16H19NS. The summed E-state index contributed by atoms with van der Waals surface area (Å²) in [5.41, 5.74) is 9.32. The minimum absolute atomic E-state index is 0.272. The molecule has 0 saturated carbocycles. The number of hydrogen-bond donors (Lipinski definition) is 1. The molecule has 1 aliphatic rings. The lowest BCUT2D eigenvalue weighted by Gasteiger charge is -2.29. The van der Waals surface area contributed by atoms with Crippen LogP contribution < -0.4 is 5.73 Å². The maximum absolute atomic E-state index is 6.82. The second-order valence-corrected chi connectivity index (χ2v) is 6.53. The van der Waals surface area contributed by atoms with Crippen LogP contribution in [0.1, 0.15) is 40.1 Å². The van der Waals surface area contributed by atoms with Crippen molar-refractivity contribution in [1.82, 2.24) is 0 Å². The van der Waals surface area contributed by atoms with Crippen molar-refractivity contribution >= 4 is 11.3 Å². The van der Waals surface area contributed by atoms with Gasteiger partial charge < -0.3 is 5.73 Å². The lowest BCUT2D eigenvalue weighted by molar-refractivity contribution is 0.488. The molecule has 0 saturated heterocycles. The van der Waals surface area contributed by atoms with Gasteiger partial charge in [0, 0.05) is 9.75 Å². The quantitative estimate of drug-likeness (QED) is 0.768. The topological polar surface area (TPSA) is 26.0 Å². The summed E-state index contributed by atoms with van der Waals surface area (Å²) in [6.07, 6.45) is 4.69. The summed E-state index contributed by atoms with van der Waals surface area (Å²) < 4.78 is 0. The van der Waals surface area contributed by atoms with E-state index in [1.54, 1.807) is 0 Å². The van der Waals surface area contributed by atoms with E-state index in [9.17, 15) is 0 Å². The van der Waals surface area contributed by atoms with E-state index in [0.717, 1.165) is 6.42 Å². The predicted molar refractivity (Wildman–Crippen MR) is 78.0 cm³/mol. The molecule has 94 valence electrons. The fourth-order valence-corrected chi connectivity index (χ4v) is 3.97. The van der Waals surface area contributed by atoms with E-state index in [1.165, 1.54) is 40.1 Å². The Morgan fingerprint density at radius 3 is 2.72 bits per heavy atom. The minimum atomic E-state index is -0.272. The Morgan fingerprint density at radius 1 is 1.11 bits per heavy atom. The van der Waals surface area contributed by atoms with Crippen LogP contribution >= 0.6 is 11.3 Å². The molecule has 1 nitrogen and oxygen atoms in total. The molecule has 0 bridgehead atoms. The summed E-state index contributed by atoms with van der Waals surface area (Å²) in [6.45, 7) is 2.15. The van der Waals surface area contributed by atoms with Crippen LogP contribution in [0.4, 0.5) is 0 Å². The maximum Gasteiger partial charge on any atom is 0.0762 e. The van der Waals surface area contributed by atoms with Crippen molar-refractivity contribution in [2.24, 2.45) is 5.73 Å². The van der Waals surface area contributed by atoms with Crippen LogP contribution in [-0.4, -0.2) is 0 Å². The van der Waals surface area contributed by atoms with Gasteiger partial charge in [-0.05, 0) is 49.4 Å². The van der Waals surface area contributed by atoms with Crippen molar-refractivity contribution in [2.45, 2.75) is 38.1 Å². The van der Waals surface area contributed by atoms with Gasteiger partial charge in [-0.1, -0.05) is 30.7 Å². The average molecular weight is 257 g/mol. The van der Waals surface area contributed by atoms with Gasteiger partial charge in [0.2, 0.25) is 0 Å². The summed E-state index contributed by atoms with van der Waals surface area (Å²) in [6, 6.07) is 13.1. The Hall–Kier alpha value is -1.12. The van der Waals surface area contributed by atoms with Crippen molar-refractivity contribution < 1.29 is 0 Å². The predicted octanol–water partition coefficient (Wildman–Crippen LogP) is 3.99. The molecule has 0 aliphatic heterocycles. The van der Waals surface area contributed by atoms with Gasteiger partial charge >= 0.3 is 0 Å². The smallest absolute Gasteiger partial charge is 0.0762 e. The first kappa shape index (κ1) is 11.9. The summed E-state index contributed by atoms with van der Waals surface area (Å²) in [4.78, 5) is 2.66. The van der Waals surface area contributed by atoms with E-state index in [4.69, 9.17) is 5.73 Å². The maximum atomic E-state index is 6.82. The van der Waals surface area contributed by atoms with Gasteiger partial charge in [0.1, 0.15) is 0 Å². The average Bonchev–Trinajstić information content (AvgIpc) is 2.74. The normalized spacial score (nSPS) is 23.4. The van der Waals surface area contributed by atoms with E-state index in [2.05, 4.69) is 43.3 Å². The van der Waals surface area contributed by atoms with Gasteiger partial charge in [-0.3, -0.25) is 0 Å². The van der Waals surface area contributed by atoms with Crippen LogP contribution in [0.15, 0.2) is 36.4 Å². The molecule has 1 heterocycles. The molecule has 1 atom stereocenters. The highest BCUT2D eigenvalue weighted by Gasteiger charge is 2.33. The molecule has 0 fully saturated rings. The molecule has 0 spiro atoms. The third kappa shape index (κ3) is 1.90. The zero-order valence-corrected chi connectivity index (χ0v) is 11.6. The Kier molecular flexibility index (Phi) is 3.00. The van der Waals surface area contributed by atoms with E-state index >= 15 is 0 Å². The van der Waals surface area contributed by atoms with Crippen molar-refractivity contribution in [1.29, 1.82) is 0 Å². The van der Waals surface area contributed by atoms with E-state index in [0.29, 0.717) is 0 Å². The second-order valence-electron chi connectivity index (χ2n) is 5.25. The fourth-order valence-electron chi connectivity index (χ4n) is 2.96. The lowest BCUT2D eigenvalue weighted by Crippen LogP contribution is -2.37. The standard InChI is InChI=1S/C16H19NS/c1-12-9-10-15(18-12)16(17)11-5-4-7-13-6-2-3-8-14(13)16/h2-3,6,8-10H,4-5,7,11,17H2,1H3. The van der Waals surface area contributed by atoms with Gasteiger partial charge in [-0.2, -0.15) is 0 Å². The number of hydrogen-bond acceptors (Lipinski definition) is 2. The number of aryl methyl sites for hydroxylation is 2. The summed E-state index contributed by atoms with van der Waals surface area (Å²) >= 11 is 1.84. The first-order chi connectivity index (χ1) is 8.70. The van der Waals surface area contributed by atoms with Crippen molar-refractivity contribution in [3.8, 4) is 0 Å². The van der Waals surface area contributed by atoms with Crippen molar-refractivity contribution in [2.75, 3.05) is 0 Å². The molecule has 1 aliphatic carbocycles.